The van der Waals surface area contributed by atoms with Gasteiger partial charge in [-0.2, -0.15) is 0 Å². The monoisotopic (exact) mass is 287 g/mol. The van der Waals surface area contributed by atoms with E-state index in [1.807, 2.05) is 30.3 Å². The third-order valence-corrected chi connectivity index (χ3v) is 4.77. The van der Waals surface area contributed by atoms with Crippen LogP contribution < -0.4 is 5.73 Å². The molecule has 0 aromatic heterocycles. The van der Waals surface area contributed by atoms with Gasteiger partial charge in [0.2, 0.25) is 0 Å². The maximum Gasteiger partial charge on any atom is 0.319 e. The van der Waals surface area contributed by atoms with E-state index < -0.39 is 11.0 Å². The fourth-order valence-corrected chi connectivity index (χ4v) is 3.29. The zero-order chi connectivity index (χ0) is 14.9. The van der Waals surface area contributed by atoms with E-state index in [2.05, 4.69) is 0 Å². The Morgan fingerprint density at radius 3 is 2.57 bits per heavy atom. The van der Waals surface area contributed by atoms with Crippen molar-refractivity contribution in [2.45, 2.75) is 43.9 Å². The highest BCUT2D eigenvalue weighted by Crippen LogP contribution is 2.52. The molecule has 0 aliphatic heterocycles. The second-order valence-corrected chi connectivity index (χ2v) is 6.15. The third-order valence-electron chi connectivity index (χ3n) is 4.77. The van der Waals surface area contributed by atoms with Gasteiger partial charge in [-0.05, 0) is 31.2 Å². The molecule has 0 spiro atoms. The molecule has 0 saturated heterocycles. The second kappa shape index (κ2) is 5.28. The molecule has 1 aromatic carbocycles. The summed E-state index contributed by atoms with van der Waals surface area (Å²) in [6.07, 6.45) is 6.20. The number of carbonyl (C=O) groups is 1. The average Bonchev–Trinajstić information content (AvgIpc) is 2.87. The standard InChI is InChI=1S/C17H21NO3/c18-14-7-10-16(11-14,17(20)8-4-9-17)15(19)21-12-13-5-2-1-3-6-13/h1-3,5-7,10,14,20H,4,8-9,11-12,18H2/t14-,16-/m1/s1. The fourth-order valence-electron chi connectivity index (χ4n) is 3.29. The minimum Gasteiger partial charge on any atom is -0.460 e. The van der Waals surface area contributed by atoms with E-state index in [9.17, 15) is 9.90 Å². The lowest BCUT2D eigenvalue weighted by Crippen LogP contribution is -2.57. The Morgan fingerprint density at radius 1 is 1.33 bits per heavy atom. The Bertz CT molecular complexity index is 550. The maximum absolute atomic E-state index is 12.6. The van der Waals surface area contributed by atoms with Crippen LogP contribution in [0.5, 0.6) is 0 Å². The lowest BCUT2D eigenvalue weighted by Gasteiger charge is -2.48. The Balaban J connectivity index is 1.75. The highest BCUT2D eigenvalue weighted by molar-refractivity contribution is 5.82. The highest BCUT2D eigenvalue weighted by atomic mass is 16.5. The summed E-state index contributed by atoms with van der Waals surface area (Å²) in [5, 5.41) is 10.7. The molecule has 0 radical (unpaired) electrons. The van der Waals surface area contributed by atoms with E-state index in [4.69, 9.17) is 10.5 Å². The summed E-state index contributed by atoms with van der Waals surface area (Å²) in [6, 6.07) is 9.36. The van der Waals surface area contributed by atoms with Gasteiger partial charge in [-0.1, -0.05) is 42.5 Å². The minimum atomic E-state index is -0.995. The molecule has 4 nitrogen and oxygen atoms in total. The van der Waals surface area contributed by atoms with E-state index in [0.717, 1.165) is 12.0 Å². The van der Waals surface area contributed by atoms with Crippen LogP contribution in [0, 0.1) is 5.41 Å². The van der Waals surface area contributed by atoms with Crippen molar-refractivity contribution in [2.24, 2.45) is 11.1 Å². The molecule has 0 bridgehead atoms. The van der Waals surface area contributed by atoms with E-state index in [0.29, 0.717) is 19.3 Å². The molecular formula is C17H21NO3. The molecule has 3 N–H and O–H groups in total. The molecule has 1 saturated carbocycles. The summed E-state index contributed by atoms with van der Waals surface area (Å²) >= 11 is 0. The van der Waals surface area contributed by atoms with Crippen LogP contribution in [-0.2, 0) is 16.1 Å². The van der Waals surface area contributed by atoms with Crippen LogP contribution in [0.4, 0.5) is 0 Å². The summed E-state index contributed by atoms with van der Waals surface area (Å²) in [6.45, 7) is 0.223. The number of esters is 1. The third kappa shape index (κ3) is 2.39. The summed E-state index contributed by atoms with van der Waals surface area (Å²) in [4.78, 5) is 12.6. The lowest BCUT2D eigenvalue weighted by atomic mass is 9.60. The summed E-state index contributed by atoms with van der Waals surface area (Å²) in [7, 11) is 0. The van der Waals surface area contributed by atoms with Crippen molar-refractivity contribution >= 4 is 5.97 Å². The van der Waals surface area contributed by atoms with Crippen LogP contribution in [-0.4, -0.2) is 22.7 Å². The van der Waals surface area contributed by atoms with Crippen LogP contribution >= 0.6 is 0 Å². The molecule has 3 rings (SSSR count). The molecule has 2 aliphatic rings. The lowest BCUT2D eigenvalue weighted by molar-refractivity contribution is -0.182. The number of benzene rings is 1. The van der Waals surface area contributed by atoms with Crippen LogP contribution in [0.15, 0.2) is 42.5 Å². The number of rotatable bonds is 4. The second-order valence-electron chi connectivity index (χ2n) is 6.15. The van der Waals surface area contributed by atoms with Crippen molar-refractivity contribution < 1.29 is 14.6 Å². The van der Waals surface area contributed by atoms with Crippen LogP contribution in [0.25, 0.3) is 0 Å². The number of hydrogen-bond acceptors (Lipinski definition) is 4. The van der Waals surface area contributed by atoms with Crippen LogP contribution in [0.3, 0.4) is 0 Å². The molecule has 0 heterocycles. The van der Waals surface area contributed by atoms with Gasteiger partial charge >= 0.3 is 5.97 Å². The van der Waals surface area contributed by atoms with E-state index >= 15 is 0 Å². The summed E-state index contributed by atoms with van der Waals surface area (Å²) in [5.41, 5.74) is 4.90. The number of nitrogens with two attached hydrogens (primary N) is 1. The van der Waals surface area contributed by atoms with Crippen LogP contribution in [0.2, 0.25) is 0 Å². The van der Waals surface area contributed by atoms with Gasteiger partial charge in [0.1, 0.15) is 12.0 Å². The molecule has 2 atom stereocenters. The average molecular weight is 287 g/mol. The van der Waals surface area contributed by atoms with Gasteiger partial charge in [0.05, 0.1) is 5.60 Å². The van der Waals surface area contributed by atoms with Gasteiger partial charge in [-0.25, -0.2) is 0 Å². The first-order chi connectivity index (χ1) is 10.1. The van der Waals surface area contributed by atoms with E-state index in [-0.39, 0.29) is 18.6 Å². The molecule has 1 fully saturated rings. The largest absolute Gasteiger partial charge is 0.460 e. The Morgan fingerprint density at radius 2 is 2.05 bits per heavy atom. The van der Waals surface area contributed by atoms with Gasteiger partial charge in [0.15, 0.2) is 0 Å². The molecule has 4 heteroatoms. The molecule has 0 unspecified atom stereocenters. The Kier molecular flexibility index (Phi) is 3.59. The van der Waals surface area contributed by atoms with Crippen molar-refractivity contribution in [1.29, 1.82) is 0 Å². The molecule has 2 aliphatic carbocycles. The van der Waals surface area contributed by atoms with E-state index in [1.54, 1.807) is 12.2 Å². The van der Waals surface area contributed by atoms with Gasteiger partial charge in [-0.3, -0.25) is 4.79 Å². The van der Waals surface area contributed by atoms with Crippen molar-refractivity contribution in [2.75, 3.05) is 0 Å². The first kappa shape index (κ1) is 14.3. The van der Waals surface area contributed by atoms with Gasteiger partial charge < -0.3 is 15.6 Å². The van der Waals surface area contributed by atoms with Gasteiger partial charge in [0, 0.05) is 6.04 Å². The molecular weight excluding hydrogens is 266 g/mol. The minimum absolute atomic E-state index is 0.195. The first-order valence-corrected chi connectivity index (χ1v) is 7.44. The highest BCUT2D eigenvalue weighted by Gasteiger charge is 2.59. The summed E-state index contributed by atoms with van der Waals surface area (Å²) in [5.74, 6) is -0.363. The van der Waals surface area contributed by atoms with E-state index in [1.165, 1.54) is 0 Å². The number of aliphatic hydroxyl groups is 1. The molecule has 21 heavy (non-hydrogen) atoms. The van der Waals surface area contributed by atoms with Gasteiger partial charge in [0.25, 0.3) is 0 Å². The van der Waals surface area contributed by atoms with Crippen molar-refractivity contribution in [3.05, 3.63) is 48.0 Å². The van der Waals surface area contributed by atoms with Crippen molar-refractivity contribution in [3.8, 4) is 0 Å². The maximum atomic E-state index is 12.6. The topological polar surface area (TPSA) is 72.6 Å². The normalized spacial score (nSPS) is 29.9. The van der Waals surface area contributed by atoms with Gasteiger partial charge in [-0.15, -0.1) is 0 Å². The predicted molar refractivity (Wildman–Crippen MR) is 79.2 cm³/mol. The Hall–Kier alpha value is -1.65. The molecule has 1 aromatic rings. The zero-order valence-corrected chi connectivity index (χ0v) is 12.0. The smallest absolute Gasteiger partial charge is 0.319 e. The molecule has 0 amide bonds. The fraction of sp³-hybridized carbons (Fsp3) is 0.471. The van der Waals surface area contributed by atoms with Crippen LogP contribution in [0.1, 0.15) is 31.2 Å². The van der Waals surface area contributed by atoms with Crippen molar-refractivity contribution in [1.82, 2.24) is 0 Å². The number of carbonyl (C=O) groups excluding carboxylic acids is 1. The predicted octanol–water partition coefficient (Wildman–Crippen LogP) is 1.92. The quantitative estimate of drug-likeness (QED) is 0.655. The SMILES string of the molecule is N[C@@H]1C=C[C@@](C(=O)OCc2ccccc2)(C2(O)CCC2)C1. The number of ether oxygens (including phenoxy) is 1. The summed E-state index contributed by atoms with van der Waals surface area (Å²) < 4.78 is 5.48. The zero-order valence-electron chi connectivity index (χ0n) is 12.0. The van der Waals surface area contributed by atoms with Crippen molar-refractivity contribution in [3.63, 3.8) is 0 Å². The number of hydrogen-bond donors (Lipinski definition) is 2. The Labute approximate surface area is 124 Å². The molecule has 112 valence electrons. The first-order valence-electron chi connectivity index (χ1n) is 7.44.